The molecule has 170 valence electrons. The van der Waals surface area contributed by atoms with Crippen LogP contribution in [0.1, 0.15) is 17.0 Å². The first-order valence-electron chi connectivity index (χ1n) is 10.0. The number of methoxy groups -OCH3 is 1. The van der Waals surface area contributed by atoms with Crippen molar-refractivity contribution in [2.45, 2.75) is 20.3 Å². The third-order valence-corrected chi connectivity index (χ3v) is 5.70. The van der Waals surface area contributed by atoms with E-state index < -0.39 is 17.4 Å². The summed E-state index contributed by atoms with van der Waals surface area (Å²) in [7, 11) is 1.56. The lowest BCUT2D eigenvalue weighted by Gasteiger charge is -2.07. The fourth-order valence-electron chi connectivity index (χ4n) is 3.34. The molecule has 0 fully saturated rings. The molecule has 0 radical (unpaired) electrons. The van der Waals surface area contributed by atoms with Gasteiger partial charge in [-0.2, -0.15) is 0 Å². The Morgan fingerprint density at radius 2 is 1.88 bits per heavy atom. The van der Waals surface area contributed by atoms with Gasteiger partial charge in [0.25, 0.3) is 0 Å². The Morgan fingerprint density at radius 3 is 2.55 bits per heavy atom. The van der Waals surface area contributed by atoms with E-state index in [1.54, 1.807) is 44.4 Å². The summed E-state index contributed by atoms with van der Waals surface area (Å²) in [6.07, 6.45) is -0.175. The van der Waals surface area contributed by atoms with Crippen molar-refractivity contribution in [3.63, 3.8) is 0 Å². The van der Waals surface area contributed by atoms with E-state index in [2.05, 4.69) is 15.6 Å². The molecule has 0 saturated heterocycles. The zero-order chi connectivity index (χ0) is 23.5. The summed E-state index contributed by atoms with van der Waals surface area (Å²) in [4.78, 5) is 41.5. The number of rotatable bonds is 7. The van der Waals surface area contributed by atoms with Crippen LogP contribution < -0.4 is 21.0 Å². The van der Waals surface area contributed by atoms with E-state index in [1.165, 1.54) is 11.3 Å². The predicted molar refractivity (Wildman–Crippen MR) is 124 cm³/mol. The van der Waals surface area contributed by atoms with Gasteiger partial charge in [-0.1, -0.05) is 0 Å². The number of carbonyl (C=O) groups excluding carboxylic acids is 2. The second-order valence-electron chi connectivity index (χ2n) is 7.32. The number of aryl methyl sites for hydroxylation is 2. The molecule has 0 unspecified atom stereocenters. The van der Waals surface area contributed by atoms with Gasteiger partial charge in [0.1, 0.15) is 28.2 Å². The summed E-state index contributed by atoms with van der Waals surface area (Å²) in [5.74, 6) is 0.583. The topological polar surface area (TPSA) is 124 Å². The quantitative estimate of drug-likeness (QED) is 0.427. The number of nitrogens with one attached hydrogen (secondary N) is 2. The van der Waals surface area contributed by atoms with E-state index >= 15 is 0 Å². The monoisotopic (exact) mass is 467 g/mol. The molecule has 2 N–H and O–H groups in total. The number of amides is 2. The number of nitrogens with zero attached hydrogens (tertiary/aromatic N) is 1. The molecule has 0 saturated carbocycles. The highest BCUT2D eigenvalue weighted by Gasteiger charge is 2.22. The SMILES string of the molecule is COc1ccc(-c2oc3cc(C)oc(=O)c3c2CC(=O)NCC(=O)Nc2nc(C)cs2)cc1. The van der Waals surface area contributed by atoms with Crippen LogP contribution in [-0.2, 0) is 16.0 Å². The molecule has 0 atom stereocenters. The molecule has 3 heterocycles. The van der Waals surface area contributed by atoms with Crippen LogP contribution in [0.4, 0.5) is 5.13 Å². The second-order valence-corrected chi connectivity index (χ2v) is 8.18. The molecule has 0 aliphatic carbocycles. The first-order chi connectivity index (χ1) is 15.8. The molecule has 2 amide bonds. The van der Waals surface area contributed by atoms with Gasteiger partial charge in [-0.05, 0) is 38.1 Å². The Balaban J connectivity index is 1.58. The molecule has 9 nitrogen and oxygen atoms in total. The summed E-state index contributed by atoms with van der Waals surface area (Å²) in [5, 5.41) is 7.67. The third kappa shape index (κ3) is 4.96. The molecule has 1 aromatic carbocycles. The minimum atomic E-state index is -0.590. The first kappa shape index (κ1) is 22.3. The molecule has 4 rings (SSSR count). The second kappa shape index (κ2) is 9.29. The normalized spacial score (nSPS) is 10.9. The Kier molecular flexibility index (Phi) is 6.27. The maximum Gasteiger partial charge on any atom is 0.347 e. The lowest BCUT2D eigenvalue weighted by molar-refractivity contribution is -0.123. The number of carbonyl (C=O) groups is 2. The highest BCUT2D eigenvalue weighted by molar-refractivity contribution is 7.13. The number of hydrogen-bond donors (Lipinski definition) is 2. The lowest BCUT2D eigenvalue weighted by atomic mass is 10.0. The standard InChI is InChI=1S/C23H21N3O6S/c1-12-11-33-23(25-12)26-19(28)10-24-18(27)9-16-20-17(8-13(2)31-22(20)29)32-21(16)14-4-6-15(30-3)7-5-14/h4-8,11H,9-10H2,1-3H3,(H,24,27)(H,25,26,28). The number of aromatic nitrogens is 1. The van der Waals surface area contributed by atoms with Crippen LogP contribution in [0.15, 0.2) is 49.3 Å². The number of ether oxygens (including phenoxy) is 1. The van der Waals surface area contributed by atoms with Crippen molar-refractivity contribution in [3.05, 3.63) is 63.1 Å². The summed E-state index contributed by atoms with van der Waals surface area (Å²) < 4.78 is 16.4. The fourth-order valence-corrected chi connectivity index (χ4v) is 4.05. The van der Waals surface area contributed by atoms with Crippen LogP contribution in [0.2, 0.25) is 0 Å². The average Bonchev–Trinajstić information content (AvgIpc) is 3.35. The van der Waals surface area contributed by atoms with Crippen molar-refractivity contribution in [2.24, 2.45) is 0 Å². The Labute approximate surface area is 192 Å². The molecule has 0 spiro atoms. The van der Waals surface area contributed by atoms with Crippen LogP contribution in [0.5, 0.6) is 5.75 Å². The molecule has 0 aliphatic heterocycles. The number of hydrogen-bond acceptors (Lipinski definition) is 8. The van der Waals surface area contributed by atoms with Gasteiger partial charge in [0.2, 0.25) is 11.8 Å². The molecular formula is C23H21N3O6S. The van der Waals surface area contributed by atoms with Crippen molar-refractivity contribution in [1.29, 1.82) is 0 Å². The molecule has 0 aliphatic rings. The van der Waals surface area contributed by atoms with Crippen molar-refractivity contribution in [1.82, 2.24) is 10.3 Å². The number of thiazole rings is 1. The van der Waals surface area contributed by atoms with Gasteiger partial charge < -0.3 is 24.2 Å². The Bertz CT molecular complexity index is 1380. The van der Waals surface area contributed by atoms with Crippen LogP contribution in [0.3, 0.4) is 0 Å². The van der Waals surface area contributed by atoms with Crippen molar-refractivity contribution >= 4 is 39.3 Å². The van der Waals surface area contributed by atoms with E-state index in [0.29, 0.717) is 39.1 Å². The molecule has 10 heteroatoms. The smallest absolute Gasteiger partial charge is 0.347 e. The van der Waals surface area contributed by atoms with Crippen molar-refractivity contribution in [3.8, 4) is 17.1 Å². The highest BCUT2D eigenvalue weighted by Crippen LogP contribution is 2.33. The van der Waals surface area contributed by atoms with Gasteiger partial charge >= 0.3 is 5.63 Å². The summed E-state index contributed by atoms with van der Waals surface area (Å²) >= 11 is 1.30. The summed E-state index contributed by atoms with van der Waals surface area (Å²) in [5.41, 5.74) is 1.59. The van der Waals surface area contributed by atoms with Crippen LogP contribution in [0, 0.1) is 13.8 Å². The highest BCUT2D eigenvalue weighted by atomic mass is 32.1. The summed E-state index contributed by atoms with van der Waals surface area (Å²) in [6.45, 7) is 3.23. The van der Waals surface area contributed by atoms with E-state index in [-0.39, 0.29) is 18.4 Å². The van der Waals surface area contributed by atoms with Crippen LogP contribution >= 0.6 is 11.3 Å². The average molecular weight is 468 g/mol. The van der Waals surface area contributed by atoms with E-state index in [9.17, 15) is 14.4 Å². The van der Waals surface area contributed by atoms with Gasteiger partial charge in [0.05, 0.1) is 25.8 Å². The molecular weight excluding hydrogens is 446 g/mol. The van der Waals surface area contributed by atoms with Gasteiger partial charge in [0, 0.05) is 22.6 Å². The number of benzene rings is 1. The lowest BCUT2D eigenvalue weighted by Crippen LogP contribution is -2.33. The van der Waals surface area contributed by atoms with Crippen LogP contribution in [0.25, 0.3) is 22.3 Å². The van der Waals surface area contributed by atoms with Crippen LogP contribution in [-0.4, -0.2) is 30.5 Å². The molecule has 0 bridgehead atoms. The molecule has 33 heavy (non-hydrogen) atoms. The van der Waals surface area contributed by atoms with Gasteiger partial charge in [-0.3, -0.25) is 9.59 Å². The molecule has 3 aromatic heterocycles. The van der Waals surface area contributed by atoms with Gasteiger partial charge in [-0.25, -0.2) is 9.78 Å². The fraction of sp³-hybridized carbons (Fsp3) is 0.217. The maximum absolute atomic E-state index is 12.7. The van der Waals surface area contributed by atoms with Crippen molar-refractivity contribution < 1.29 is 23.2 Å². The zero-order valence-electron chi connectivity index (χ0n) is 18.2. The maximum atomic E-state index is 12.7. The number of anilines is 1. The minimum Gasteiger partial charge on any atom is -0.497 e. The van der Waals surface area contributed by atoms with E-state index in [0.717, 1.165) is 5.69 Å². The van der Waals surface area contributed by atoms with Crippen molar-refractivity contribution in [2.75, 3.05) is 19.0 Å². The van der Waals surface area contributed by atoms with E-state index in [1.807, 2.05) is 12.3 Å². The zero-order valence-corrected chi connectivity index (χ0v) is 19.0. The Morgan fingerprint density at radius 1 is 1.12 bits per heavy atom. The van der Waals surface area contributed by atoms with E-state index in [4.69, 9.17) is 13.6 Å². The summed E-state index contributed by atoms with van der Waals surface area (Å²) in [6, 6.07) is 8.66. The third-order valence-electron chi connectivity index (χ3n) is 4.83. The van der Waals surface area contributed by atoms with Gasteiger partial charge in [0.15, 0.2) is 5.13 Å². The van der Waals surface area contributed by atoms with Gasteiger partial charge in [-0.15, -0.1) is 11.3 Å². The largest absolute Gasteiger partial charge is 0.497 e. The number of fused-ring (bicyclic) bond motifs is 1. The number of furan rings is 1. The predicted octanol–water partition coefficient (Wildman–Crippen LogP) is 3.43. The minimum absolute atomic E-state index is 0.175. The first-order valence-corrected chi connectivity index (χ1v) is 10.9. The molecule has 4 aromatic rings. The Hall–Kier alpha value is -3.92.